The van der Waals surface area contributed by atoms with Crippen molar-refractivity contribution in [2.45, 2.75) is 20.0 Å². The SMILES string of the molecule is CC(C)C(/C=C/c1ccccc1C(F)(F)F)C(=O)O. The average Bonchev–Trinajstić information content (AvgIpc) is 2.27. The van der Waals surface area contributed by atoms with Crippen molar-refractivity contribution in [2.24, 2.45) is 11.8 Å². The zero-order valence-electron chi connectivity index (χ0n) is 10.6. The van der Waals surface area contributed by atoms with Crippen LogP contribution in [0.1, 0.15) is 25.0 Å². The normalized spacial score (nSPS) is 14.0. The number of benzene rings is 1. The summed E-state index contributed by atoms with van der Waals surface area (Å²) in [7, 11) is 0. The van der Waals surface area contributed by atoms with E-state index in [4.69, 9.17) is 5.11 Å². The van der Waals surface area contributed by atoms with Crippen LogP contribution in [0, 0.1) is 11.8 Å². The summed E-state index contributed by atoms with van der Waals surface area (Å²) < 4.78 is 38.2. The van der Waals surface area contributed by atoms with Gasteiger partial charge < -0.3 is 5.11 Å². The van der Waals surface area contributed by atoms with Crippen LogP contribution in [0.3, 0.4) is 0 Å². The smallest absolute Gasteiger partial charge is 0.416 e. The molecule has 0 saturated carbocycles. The molecule has 19 heavy (non-hydrogen) atoms. The van der Waals surface area contributed by atoms with Crippen LogP contribution in [-0.4, -0.2) is 11.1 Å². The highest BCUT2D eigenvalue weighted by Crippen LogP contribution is 2.32. The van der Waals surface area contributed by atoms with Gasteiger partial charge in [0.05, 0.1) is 11.5 Å². The van der Waals surface area contributed by atoms with Crippen molar-refractivity contribution in [1.29, 1.82) is 0 Å². The molecule has 1 atom stereocenters. The molecule has 0 spiro atoms. The number of carbonyl (C=O) groups is 1. The standard InChI is InChI=1S/C14H15F3O2/c1-9(2)11(13(18)19)8-7-10-5-3-4-6-12(10)14(15,16)17/h3-9,11H,1-2H3,(H,18,19)/b8-7+. The highest BCUT2D eigenvalue weighted by molar-refractivity contribution is 5.74. The van der Waals surface area contributed by atoms with Crippen LogP contribution in [0.5, 0.6) is 0 Å². The third-order valence-corrected chi connectivity index (χ3v) is 2.75. The molecule has 0 saturated heterocycles. The van der Waals surface area contributed by atoms with E-state index >= 15 is 0 Å². The van der Waals surface area contributed by atoms with Gasteiger partial charge in [-0.2, -0.15) is 13.2 Å². The first-order valence-corrected chi connectivity index (χ1v) is 5.80. The first-order valence-electron chi connectivity index (χ1n) is 5.80. The van der Waals surface area contributed by atoms with E-state index in [0.29, 0.717) is 0 Å². The van der Waals surface area contributed by atoms with Crippen LogP contribution >= 0.6 is 0 Å². The maximum absolute atomic E-state index is 12.7. The molecule has 0 aliphatic rings. The number of carboxylic acids is 1. The molecule has 5 heteroatoms. The van der Waals surface area contributed by atoms with E-state index < -0.39 is 23.6 Å². The van der Waals surface area contributed by atoms with Crippen LogP contribution in [-0.2, 0) is 11.0 Å². The minimum atomic E-state index is -4.45. The summed E-state index contributed by atoms with van der Waals surface area (Å²) in [6.45, 7) is 3.41. The van der Waals surface area contributed by atoms with Crippen LogP contribution in [0.4, 0.5) is 13.2 Å². The number of alkyl halides is 3. The second kappa shape index (κ2) is 5.91. The van der Waals surface area contributed by atoms with Gasteiger partial charge >= 0.3 is 12.1 Å². The van der Waals surface area contributed by atoms with E-state index in [2.05, 4.69) is 0 Å². The fraction of sp³-hybridized carbons (Fsp3) is 0.357. The number of rotatable bonds is 4. The Morgan fingerprint density at radius 1 is 1.26 bits per heavy atom. The van der Waals surface area contributed by atoms with E-state index in [1.54, 1.807) is 13.8 Å². The summed E-state index contributed by atoms with van der Waals surface area (Å²) in [4.78, 5) is 11.0. The fourth-order valence-electron chi connectivity index (χ4n) is 1.70. The minimum absolute atomic E-state index is 0.0260. The zero-order chi connectivity index (χ0) is 14.6. The van der Waals surface area contributed by atoms with E-state index in [1.165, 1.54) is 30.4 Å². The monoisotopic (exact) mass is 272 g/mol. The molecule has 1 rings (SSSR count). The van der Waals surface area contributed by atoms with Gasteiger partial charge in [0.1, 0.15) is 0 Å². The Bertz CT molecular complexity index is 476. The van der Waals surface area contributed by atoms with Crippen molar-refractivity contribution in [1.82, 2.24) is 0 Å². The molecule has 1 N–H and O–H groups in total. The second-order valence-corrected chi connectivity index (χ2v) is 4.55. The molecule has 104 valence electrons. The summed E-state index contributed by atoms with van der Waals surface area (Å²) in [6.07, 6.45) is -1.92. The highest BCUT2D eigenvalue weighted by Gasteiger charge is 2.32. The van der Waals surface area contributed by atoms with Gasteiger partial charge in [0, 0.05) is 0 Å². The number of halogens is 3. The van der Waals surface area contributed by atoms with E-state index in [9.17, 15) is 18.0 Å². The lowest BCUT2D eigenvalue weighted by Crippen LogP contribution is -2.17. The summed E-state index contributed by atoms with van der Waals surface area (Å²) in [6, 6.07) is 5.08. The maximum Gasteiger partial charge on any atom is 0.416 e. The third-order valence-electron chi connectivity index (χ3n) is 2.75. The second-order valence-electron chi connectivity index (χ2n) is 4.55. The Labute approximate surface area is 109 Å². The van der Waals surface area contributed by atoms with Gasteiger partial charge in [-0.3, -0.25) is 4.79 Å². The fourth-order valence-corrected chi connectivity index (χ4v) is 1.70. The molecule has 1 unspecified atom stereocenters. The molecule has 1 aromatic carbocycles. The minimum Gasteiger partial charge on any atom is -0.481 e. The maximum atomic E-state index is 12.7. The van der Waals surface area contributed by atoms with E-state index in [0.717, 1.165) is 6.07 Å². The Hall–Kier alpha value is -1.78. The predicted octanol–water partition coefficient (Wildman–Crippen LogP) is 4.08. The molecule has 0 amide bonds. The summed E-state index contributed by atoms with van der Waals surface area (Å²) in [5, 5.41) is 8.98. The Morgan fingerprint density at radius 3 is 2.32 bits per heavy atom. The summed E-state index contributed by atoms with van der Waals surface area (Å²) in [5.74, 6) is -2.04. The highest BCUT2D eigenvalue weighted by atomic mass is 19.4. The molecule has 0 aliphatic carbocycles. The van der Waals surface area contributed by atoms with Crippen molar-refractivity contribution in [2.75, 3.05) is 0 Å². The molecule has 0 fully saturated rings. The van der Waals surface area contributed by atoms with Crippen molar-refractivity contribution in [3.8, 4) is 0 Å². The van der Waals surface area contributed by atoms with Crippen molar-refractivity contribution < 1.29 is 23.1 Å². The number of aliphatic carboxylic acids is 1. The molecular formula is C14H15F3O2. The largest absolute Gasteiger partial charge is 0.481 e. The summed E-state index contributed by atoms with van der Waals surface area (Å²) >= 11 is 0. The van der Waals surface area contributed by atoms with Crippen molar-refractivity contribution in [3.05, 3.63) is 41.5 Å². The Balaban J connectivity index is 3.09. The molecule has 0 aliphatic heterocycles. The van der Waals surface area contributed by atoms with Gasteiger partial charge in [-0.05, 0) is 17.5 Å². The van der Waals surface area contributed by atoms with Crippen LogP contribution in [0.15, 0.2) is 30.3 Å². The van der Waals surface area contributed by atoms with Gasteiger partial charge in [-0.25, -0.2) is 0 Å². The topological polar surface area (TPSA) is 37.3 Å². The predicted molar refractivity (Wildman–Crippen MR) is 66.4 cm³/mol. The van der Waals surface area contributed by atoms with E-state index in [1.807, 2.05) is 0 Å². The molecule has 0 radical (unpaired) electrons. The number of carboxylic acid groups (broad SMARTS) is 1. The lowest BCUT2D eigenvalue weighted by Gasteiger charge is -2.13. The van der Waals surface area contributed by atoms with Crippen molar-refractivity contribution >= 4 is 12.0 Å². The average molecular weight is 272 g/mol. The summed E-state index contributed by atoms with van der Waals surface area (Å²) in [5.41, 5.74) is -0.791. The Morgan fingerprint density at radius 2 is 1.84 bits per heavy atom. The first-order chi connectivity index (χ1) is 8.73. The molecule has 0 heterocycles. The molecule has 0 aromatic heterocycles. The Kier molecular flexibility index (Phi) is 4.75. The first kappa shape index (κ1) is 15.3. The zero-order valence-corrected chi connectivity index (χ0v) is 10.6. The van der Waals surface area contributed by atoms with Gasteiger partial charge in [0.15, 0.2) is 0 Å². The van der Waals surface area contributed by atoms with E-state index in [-0.39, 0.29) is 11.5 Å². The quantitative estimate of drug-likeness (QED) is 0.896. The lowest BCUT2D eigenvalue weighted by atomic mass is 9.94. The molecule has 1 aromatic rings. The molecule has 0 bridgehead atoms. The van der Waals surface area contributed by atoms with Crippen LogP contribution < -0.4 is 0 Å². The number of hydrogen-bond acceptors (Lipinski definition) is 1. The van der Waals surface area contributed by atoms with Gasteiger partial charge in [-0.15, -0.1) is 0 Å². The van der Waals surface area contributed by atoms with Gasteiger partial charge in [-0.1, -0.05) is 44.2 Å². The van der Waals surface area contributed by atoms with Gasteiger partial charge in [0.25, 0.3) is 0 Å². The van der Waals surface area contributed by atoms with Crippen LogP contribution in [0.2, 0.25) is 0 Å². The van der Waals surface area contributed by atoms with Gasteiger partial charge in [0.2, 0.25) is 0 Å². The lowest BCUT2D eigenvalue weighted by molar-refractivity contribution is -0.141. The van der Waals surface area contributed by atoms with Crippen molar-refractivity contribution in [3.63, 3.8) is 0 Å². The molecule has 2 nitrogen and oxygen atoms in total. The van der Waals surface area contributed by atoms with Crippen LogP contribution in [0.25, 0.3) is 6.08 Å². The molecular weight excluding hydrogens is 257 g/mol. The number of hydrogen-bond donors (Lipinski definition) is 1. The third kappa shape index (κ3) is 4.12.